The summed E-state index contributed by atoms with van der Waals surface area (Å²) < 4.78 is 147. The molecule has 0 saturated carbocycles. The van der Waals surface area contributed by atoms with Gasteiger partial charge in [0.05, 0.1) is 21.9 Å². The van der Waals surface area contributed by atoms with E-state index in [1.165, 1.54) is 0 Å². The summed E-state index contributed by atoms with van der Waals surface area (Å²) in [5.74, 6) is 0. The zero-order chi connectivity index (χ0) is 40.8. The Morgan fingerprint density at radius 3 is 1.71 bits per heavy atom. The Kier molecular flexibility index (Phi) is 2.50. The molecule has 0 aliphatic carbocycles. The predicted octanol–water partition coefficient (Wildman–Crippen LogP) is 11.5. The Hall–Kier alpha value is -5.40. The van der Waals surface area contributed by atoms with E-state index in [2.05, 4.69) is 0 Å². The summed E-state index contributed by atoms with van der Waals surface area (Å²) in [7, 11) is 0. The van der Waals surface area contributed by atoms with E-state index in [4.69, 9.17) is 22.2 Å². The highest BCUT2D eigenvalue weighted by Gasteiger charge is 2.19. The molecular formula is C40H24O. The van der Waals surface area contributed by atoms with Crippen LogP contribution in [0, 0.1) is 0 Å². The van der Waals surface area contributed by atoms with Crippen LogP contribution in [0.5, 0.6) is 0 Å². The van der Waals surface area contributed by atoms with Gasteiger partial charge >= 0.3 is 0 Å². The van der Waals surface area contributed by atoms with Crippen molar-refractivity contribution in [3.05, 3.63) is 145 Å². The Morgan fingerprint density at radius 2 is 0.976 bits per heavy atom. The van der Waals surface area contributed by atoms with Crippen LogP contribution in [0.15, 0.2) is 150 Å². The largest absolute Gasteiger partial charge is 0.456 e. The van der Waals surface area contributed by atoms with Crippen molar-refractivity contribution in [2.75, 3.05) is 0 Å². The average molecular weight is 537 g/mol. The molecule has 0 atom stereocenters. The van der Waals surface area contributed by atoms with Gasteiger partial charge < -0.3 is 4.42 Å². The summed E-state index contributed by atoms with van der Waals surface area (Å²) in [6.45, 7) is 0. The van der Waals surface area contributed by atoms with Crippen LogP contribution in [-0.4, -0.2) is 0 Å². The summed E-state index contributed by atoms with van der Waals surface area (Å²) in [6.07, 6.45) is 0. The van der Waals surface area contributed by atoms with E-state index < -0.39 is 90.6 Å². The number of furan rings is 1. The predicted molar refractivity (Wildman–Crippen MR) is 175 cm³/mol. The maximum absolute atomic E-state index is 9.67. The number of benzene rings is 8. The lowest BCUT2D eigenvalue weighted by Crippen LogP contribution is -1.92. The Balaban J connectivity index is 1.52. The number of hydrogen-bond acceptors (Lipinski definition) is 1. The van der Waals surface area contributed by atoms with Gasteiger partial charge in [-0.1, -0.05) is 121 Å². The molecule has 0 N–H and O–H groups in total. The molecule has 190 valence electrons. The van der Waals surface area contributed by atoms with Gasteiger partial charge in [-0.15, -0.1) is 0 Å². The molecule has 8 aromatic carbocycles. The molecule has 1 heterocycles. The van der Waals surface area contributed by atoms with Crippen LogP contribution in [0.2, 0.25) is 0 Å². The van der Waals surface area contributed by atoms with Crippen LogP contribution < -0.4 is 0 Å². The second-order valence-corrected chi connectivity index (χ2v) is 9.60. The molecule has 0 fully saturated rings. The van der Waals surface area contributed by atoms with Crippen molar-refractivity contribution in [2.24, 2.45) is 0 Å². The summed E-state index contributed by atoms with van der Waals surface area (Å²) >= 11 is 0. The van der Waals surface area contributed by atoms with Gasteiger partial charge in [-0.3, -0.25) is 0 Å². The number of hydrogen-bond donors (Lipinski definition) is 0. The highest BCUT2D eigenvalue weighted by molar-refractivity contribution is 6.26. The van der Waals surface area contributed by atoms with Gasteiger partial charge in [0, 0.05) is 10.8 Å². The standard InChI is InChI=1S/C40H24O/c1-2-12-27-25(11-1)23-36(29-14-4-3-13-28(27)29)40-34-18-7-5-16-32(34)39(33-17-6-8-19-35(33)40)26-21-22-31-30-15-9-10-20-37(30)41-38(31)24-26/h1-24H/i1D,2D,3D,4D,9D,10D,11D,12D,13D,14D,15D,20D,21D,22D,23D,24D. The zero-order valence-corrected chi connectivity index (χ0v) is 21.0. The first kappa shape index (κ1) is 12.0. The van der Waals surface area contributed by atoms with Gasteiger partial charge in [0.2, 0.25) is 0 Å². The SMILES string of the molecule is [2H]c1c([2H])c([2H])c2c(oc3c([2H])c(-c4c5ccccc5c(-c5c([2H])c6c([2H])c([2H])c([2H])c([2H])c6c6c([2H])c([2H])c([2H])c([2H])c56)c5ccccc45)c([2H])c([2H])c32)c1[2H]. The first-order chi connectivity index (χ1) is 27.0. The highest BCUT2D eigenvalue weighted by atomic mass is 16.3. The molecule has 0 radical (unpaired) electrons. The van der Waals surface area contributed by atoms with Crippen molar-refractivity contribution in [2.45, 2.75) is 0 Å². The number of fused-ring (bicyclic) bond motifs is 8. The molecule has 1 heteroatoms. The van der Waals surface area contributed by atoms with Crippen LogP contribution in [0.3, 0.4) is 0 Å². The van der Waals surface area contributed by atoms with E-state index in [-0.39, 0.29) is 66.2 Å². The van der Waals surface area contributed by atoms with Crippen LogP contribution in [0.4, 0.5) is 0 Å². The summed E-state index contributed by atoms with van der Waals surface area (Å²) in [5.41, 5.74) is 0.0413. The van der Waals surface area contributed by atoms with Crippen molar-refractivity contribution < 1.29 is 26.3 Å². The second-order valence-electron chi connectivity index (χ2n) is 9.60. The minimum Gasteiger partial charge on any atom is -0.456 e. The van der Waals surface area contributed by atoms with E-state index >= 15 is 0 Å². The molecule has 0 saturated heterocycles. The highest BCUT2D eigenvalue weighted by Crippen LogP contribution is 2.47. The van der Waals surface area contributed by atoms with Gasteiger partial charge in [0.1, 0.15) is 11.2 Å². The molecule has 1 aromatic heterocycles. The maximum Gasteiger partial charge on any atom is 0.136 e. The third kappa shape index (κ3) is 3.24. The lowest BCUT2D eigenvalue weighted by Gasteiger charge is -2.19. The maximum atomic E-state index is 9.67. The quantitative estimate of drug-likeness (QED) is 0.158. The van der Waals surface area contributed by atoms with Crippen molar-refractivity contribution >= 4 is 65.0 Å². The van der Waals surface area contributed by atoms with Gasteiger partial charge in [0.25, 0.3) is 0 Å². The first-order valence-corrected chi connectivity index (χ1v) is 12.8. The van der Waals surface area contributed by atoms with E-state index in [9.17, 15) is 4.11 Å². The minimum atomic E-state index is -0.626. The van der Waals surface area contributed by atoms with Gasteiger partial charge in [0.15, 0.2) is 0 Å². The third-order valence-corrected chi connectivity index (χ3v) is 7.44. The minimum absolute atomic E-state index is 0.0251. The fourth-order valence-corrected chi connectivity index (χ4v) is 5.75. The van der Waals surface area contributed by atoms with E-state index in [0.29, 0.717) is 27.1 Å². The molecule has 0 spiro atoms. The van der Waals surface area contributed by atoms with E-state index in [1.807, 2.05) is 0 Å². The van der Waals surface area contributed by atoms with Gasteiger partial charge in [-0.05, 0) is 89.5 Å². The normalized spacial score (nSPS) is 17.4. The first-order valence-electron chi connectivity index (χ1n) is 20.8. The van der Waals surface area contributed by atoms with E-state index in [0.717, 1.165) is 0 Å². The van der Waals surface area contributed by atoms with Crippen LogP contribution in [0.1, 0.15) is 21.9 Å². The van der Waals surface area contributed by atoms with E-state index in [1.54, 1.807) is 48.5 Å². The fourth-order valence-electron chi connectivity index (χ4n) is 5.75. The molecule has 9 rings (SSSR count). The van der Waals surface area contributed by atoms with Crippen molar-refractivity contribution in [1.29, 1.82) is 0 Å². The molecule has 41 heavy (non-hydrogen) atoms. The number of rotatable bonds is 2. The fraction of sp³-hybridized carbons (Fsp3) is 0. The Labute approximate surface area is 259 Å². The molecule has 0 aliphatic heterocycles. The molecule has 9 aromatic rings. The second kappa shape index (κ2) is 8.55. The monoisotopic (exact) mass is 536 g/mol. The molecule has 1 nitrogen and oxygen atoms in total. The van der Waals surface area contributed by atoms with Crippen LogP contribution >= 0.6 is 0 Å². The van der Waals surface area contributed by atoms with Crippen molar-refractivity contribution in [3.63, 3.8) is 0 Å². The Morgan fingerprint density at radius 1 is 0.415 bits per heavy atom. The summed E-state index contributed by atoms with van der Waals surface area (Å²) in [6, 6.07) is 5.22. The topological polar surface area (TPSA) is 13.1 Å². The smallest absolute Gasteiger partial charge is 0.136 e. The van der Waals surface area contributed by atoms with Crippen molar-refractivity contribution in [1.82, 2.24) is 0 Å². The molecule has 0 amide bonds. The van der Waals surface area contributed by atoms with Gasteiger partial charge in [-0.2, -0.15) is 0 Å². The molecular weight excluding hydrogens is 496 g/mol. The Bertz CT molecular complexity index is 3310. The summed E-state index contributed by atoms with van der Waals surface area (Å²) in [5, 5.41) is 0.578. The van der Waals surface area contributed by atoms with Crippen molar-refractivity contribution in [3.8, 4) is 22.3 Å². The lowest BCUT2D eigenvalue weighted by atomic mass is 9.84. The molecule has 0 bridgehead atoms. The molecule has 0 aliphatic rings. The number of para-hydroxylation sites is 1. The lowest BCUT2D eigenvalue weighted by molar-refractivity contribution is 0.669. The van der Waals surface area contributed by atoms with Crippen LogP contribution in [0.25, 0.3) is 87.3 Å². The third-order valence-electron chi connectivity index (χ3n) is 7.44. The zero-order valence-electron chi connectivity index (χ0n) is 37.0. The van der Waals surface area contributed by atoms with Gasteiger partial charge in [-0.25, -0.2) is 0 Å². The molecule has 0 unspecified atom stereocenters. The summed E-state index contributed by atoms with van der Waals surface area (Å²) in [4.78, 5) is 0. The average Bonchev–Trinajstić information content (AvgIpc) is 3.62. The van der Waals surface area contributed by atoms with Crippen LogP contribution in [-0.2, 0) is 0 Å².